The van der Waals surface area contributed by atoms with Crippen molar-refractivity contribution < 1.29 is 4.74 Å². The minimum atomic E-state index is 0.491. The Bertz CT molecular complexity index is 142. The molecule has 0 N–H and O–H groups in total. The number of hydrogen-bond acceptors (Lipinski definition) is 1. The Morgan fingerprint density at radius 2 is 1.75 bits per heavy atom. The van der Waals surface area contributed by atoms with Crippen molar-refractivity contribution in [1.29, 1.82) is 0 Å². The largest absolute Gasteiger partial charge is 0.374 e. The first-order valence-electron chi connectivity index (χ1n) is 5.23. The lowest BCUT2D eigenvalue weighted by Crippen LogP contribution is -2.21. The summed E-state index contributed by atoms with van der Waals surface area (Å²) in [6, 6.07) is 0. The topological polar surface area (TPSA) is 9.23 Å². The Labute approximate surface area is 76.5 Å². The van der Waals surface area contributed by atoms with Gasteiger partial charge in [-0.15, -0.1) is 0 Å². The summed E-state index contributed by atoms with van der Waals surface area (Å²) in [4.78, 5) is 0. The molecule has 1 heterocycles. The van der Waals surface area contributed by atoms with Gasteiger partial charge in [0.1, 0.15) is 0 Å². The van der Waals surface area contributed by atoms with E-state index in [0.717, 1.165) is 18.3 Å². The van der Waals surface area contributed by atoms with Crippen molar-refractivity contribution >= 4 is 0 Å². The van der Waals surface area contributed by atoms with Gasteiger partial charge in [0.25, 0.3) is 0 Å². The van der Waals surface area contributed by atoms with E-state index in [1.165, 1.54) is 0 Å². The lowest BCUT2D eigenvalue weighted by molar-refractivity contribution is 0.00413. The summed E-state index contributed by atoms with van der Waals surface area (Å²) < 4.78 is 6.00. The zero-order chi connectivity index (χ0) is 9.30. The number of rotatable bonds is 2. The molecular weight excluding hydrogens is 148 g/mol. The number of ether oxygens (including phenoxy) is 1. The highest BCUT2D eigenvalue weighted by Crippen LogP contribution is 2.36. The van der Waals surface area contributed by atoms with Crippen LogP contribution >= 0.6 is 0 Å². The Morgan fingerprint density at radius 3 is 2.00 bits per heavy atom. The average molecular weight is 170 g/mol. The van der Waals surface area contributed by atoms with Crippen LogP contribution in [0, 0.1) is 17.8 Å². The lowest BCUT2D eigenvalue weighted by Gasteiger charge is -2.19. The molecule has 0 bridgehead atoms. The molecule has 1 rings (SSSR count). The van der Waals surface area contributed by atoms with Crippen LogP contribution in [0.1, 0.15) is 41.0 Å². The van der Waals surface area contributed by atoms with E-state index in [1.807, 2.05) is 0 Å². The smallest absolute Gasteiger partial charge is 0.0630 e. The fourth-order valence-corrected chi connectivity index (χ4v) is 2.32. The Kier molecular flexibility index (Phi) is 3.16. The van der Waals surface area contributed by atoms with Crippen LogP contribution in [0.2, 0.25) is 0 Å². The Balaban J connectivity index is 2.60. The van der Waals surface area contributed by atoms with E-state index in [-0.39, 0.29) is 0 Å². The summed E-state index contributed by atoms with van der Waals surface area (Å²) in [5, 5.41) is 0. The van der Waals surface area contributed by atoms with E-state index >= 15 is 0 Å². The normalized spacial score (nSPS) is 42.5. The highest BCUT2D eigenvalue weighted by atomic mass is 16.5. The fraction of sp³-hybridized carbons (Fsp3) is 1.00. The van der Waals surface area contributed by atoms with E-state index in [2.05, 4.69) is 34.6 Å². The molecule has 12 heavy (non-hydrogen) atoms. The molecule has 1 unspecified atom stereocenters. The van der Waals surface area contributed by atoms with Crippen molar-refractivity contribution in [1.82, 2.24) is 0 Å². The summed E-state index contributed by atoms with van der Waals surface area (Å²) in [7, 11) is 0. The van der Waals surface area contributed by atoms with Gasteiger partial charge in [0, 0.05) is 0 Å². The Hall–Kier alpha value is -0.0400. The third-order valence-corrected chi connectivity index (χ3v) is 3.33. The van der Waals surface area contributed by atoms with Crippen LogP contribution in [0.5, 0.6) is 0 Å². The predicted octanol–water partition coefficient (Wildman–Crippen LogP) is 3.09. The maximum absolute atomic E-state index is 6.00. The second-order valence-electron chi connectivity index (χ2n) is 4.51. The molecule has 1 heteroatoms. The molecule has 0 aliphatic carbocycles. The summed E-state index contributed by atoms with van der Waals surface area (Å²) >= 11 is 0. The minimum Gasteiger partial charge on any atom is -0.374 e. The maximum atomic E-state index is 6.00. The van der Waals surface area contributed by atoms with Crippen molar-refractivity contribution in [3.63, 3.8) is 0 Å². The van der Waals surface area contributed by atoms with Crippen molar-refractivity contribution in [3.8, 4) is 0 Å². The Morgan fingerprint density at radius 1 is 1.17 bits per heavy atom. The van der Waals surface area contributed by atoms with Crippen LogP contribution in [0.3, 0.4) is 0 Å². The highest BCUT2D eigenvalue weighted by molar-refractivity contribution is 4.86. The molecule has 1 nitrogen and oxygen atoms in total. The first-order chi connectivity index (χ1) is 5.57. The zero-order valence-electron chi connectivity index (χ0n) is 9.00. The summed E-state index contributed by atoms with van der Waals surface area (Å²) in [5.74, 6) is 2.14. The fourth-order valence-electron chi connectivity index (χ4n) is 2.32. The first kappa shape index (κ1) is 10.0. The van der Waals surface area contributed by atoms with E-state index < -0.39 is 0 Å². The van der Waals surface area contributed by atoms with Gasteiger partial charge in [-0.1, -0.05) is 34.6 Å². The highest BCUT2D eigenvalue weighted by Gasteiger charge is 2.38. The first-order valence-corrected chi connectivity index (χ1v) is 5.23. The van der Waals surface area contributed by atoms with Gasteiger partial charge in [-0.2, -0.15) is 0 Å². The average Bonchev–Trinajstić information content (AvgIpc) is 2.30. The minimum absolute atomic E-state index is 0.491. The van der Waals surface area contributed by atoms with Gasteiger partial charge in [0.15, 0.2) is 0 Å². The van der Waals surface area contributed by atoms with Crippen molar-refractivity contribution in [2.45, 2.75) is 53.2 Å². The van der Waals surface area contributed by atoms with Crippen molar-refractivity contribution in [2.24, 2.45) is 17.8 Å². The van der Waals surface area contributed by atoms with Crippen LogP contribution in [0.25, 0.3) is 0 Å². The number of hydrogen-bond donors (Lipinski definition) is 0. The molecule has 1 aliphatic heterocycles. The van der Waals surface area contributed by atoms with Crippen LogP contribution in [-0.4, -0.2) is 12.2 Å². The van der Waals surface area contributed by atoms with E-state index in [1.54, 1.807) is 0 Å². The molecular formula is C11H22O. The zero-order valence-corrected chi connectivity index (χ0v) is 9.00. The predicted molar refractivity (Wildman–Crippen MR) is 52.1 cm³/mol. The van der Waals surface area contributed by atoms with Gasteiger partial charge in [0.2, 0.25) is 0 Å². The van der Waals surface area contributed by atoms with Crippen molar-refractivity contribution in [2.75, 3.05) is 0 Å². The monoisotopic (exact) mass is 170 g/mol. The van der Waals surface area contributed by atoms with Gasteiger partial charge in [-0.3, -0.25) is 0 Å². The summed E-state index contributed by atoms with van der Waals surface area (Å²) in [6.07, 6.45) is 2.16. The van der Waals surface area contributed by atoms with E-state index in [0.29, 0.717) is 18.1 Å². The molecule has 1 fully saturated rings. The van der Waals surface area contributed by atoms with Gasteiger partial charge in [0.05, 0.1) is 12.2 Å². The molecule has 4 atom stereocenters. The molecule has 0 aromatic heterocycles. The molecule has 0 saturated carbocycles. The van der Waals surface area contributed by atoms with E-state index in [4.69, 9.17) is 4.74 Å². The standard InChI is InChI=1S/C11H22O/c1-6-10-8(4)9(5)11(12-10)7(2)3/h7-11H,6H2,1-5H3/t8?,9-,10+,11-/m0/s1. The van der Waals surface area contributed by atoms with Crippen molar-refractivity contribution in [3.05, 3.63) is 0 Å². The molecule has 0 spiro atoms. The maximum Gasteiger partial charge on any atom is 0.0630 e. The van der Waals surface area contributed by atoms with Gasteiger partial charge >= 0.3 is 0 Å². The molecule has 72 valence electrons. The lowest BCUT2D eigenvalue weighted by atomic mass is 9.85. The molecule has 0 aromatic carbocycles. The van der Waals surface area contributed by atoms with Gasteiger partial charge < -0.3 is 4.74 Å². The second-order valence-corrected chi connectivity index (χ2v) is 4.51. The summed E-state index contributed by atoms with van der Waals surface area (Å²) in [6.45, 7) is 11.4. The quantitative estimate of drug-likeness (QED) is 0.619. The van der Waals surface area contributed by atoms with Crippen LogP contribution < -0.4 is 0 Å². The van der Waals surface area contributed by atoms with E-state index in [9.17, 15) is 0 Å². The third-order valence-electron chi connectivity index (χ3n) is 3.33. The molecule has 0 radical (unpaired) electrons. The SMILES string of the molecule is CC[C@H]1O[C@@H](C(C)C)[C@@H](C)C1C. The van der Waals surface area contributed by atoms with Crippen LogP contribution in [-0.2, 0) is 4.74 Å². The van der Waals surface area contributed by atoms with Gasteiger partial charge in [-0.05, 0) is 24.2 Å². The molecule has 1 aliphatic rings. The van der Waals surface area contributed by atoms with Crippen LogP contribution in [0.15, 0.2) is 0 Å². The molecule has 0 amide bonds. The third kappa shape index (κ3) is 1.66. The molecule has 1 saturated heterocycles. The second kappa shape index (κ2) is 3.78. The van der Waals surface area contributed by atoms with Gasteiger partial charge in [-0.25, -0.2) is 0 Å². The summed E-state index contributed by atoms with van der Waals surface area (Å²) in [5.41, 5.74) is 0. The van der Waals surface area contributed by atoms with Crippen LogP contribution in [0.4, 0.5) is 0 Å². The molecule has 0 aromatic rings.